The molecule has 0 bridgehead atoms. The zero-order chi connectivity index (χ0) is 20.6. The summed E-state index contributed by atoms with van der Waals surface area (Å²) >= 11 is 1.11. The predicted molar refractivity (Wildman–Crippen MR) is 109 cm³/mol. The molecule has 0 aliphatic carbocycles. The van der Waals surface area contributed by atoms with Gasteiger partial charge in [0.05, 0.1) is 0 Å². The second-order valence-corrected chi connectivity index (χ2v) is 9.78. The van der Waals surface area contributed by atoms with Crippen LogP contribution in [0.5, 0.6) is 0 Å². The predicted octanol–water partition coefficient (Wildman–Crippen LogP) is 2.78. The normalized spacial score (nSPS) is 18.0. The molecule has 152 valence electrons. The van der Waals surface area contributed by atoms with Crippen molar-refractivity contribution in [3.8, 4) is 0 Å². The quantitative estimate of drug-likeness (QED) is 0.640. The molecule has 1 saturated heterocycles. The summed E-state index contributed by atoms with van der Waals surface area (Å²) < 4.78 is 33.0. The first-order valence-corrected chi connectivity index (χ1v) is 11.4. The maximum absolute atomic E-state index is 13.1. The molecule has 0 unspecified atom stereocenters. The number of carbonyl (C=O) groups excluding carboxylic acids is 2. The number of primary amides is 1. The Kier molecular flexibility index (Phi) is 5.15. The fourth-order valence-corrected chi connectivity index (χ4v) is 6.31. The standard InChI is InChI=1S/C19H19N3O5S2/c20-18(23)17-16(12-6-1-2-8-14(12)27-17)21-19(24)13-7-3-4-10-22(13)29(25,26)15-9-5-11-28-15/h1-2,5-6,8-9,11,13H,3-4,7,10H2,(H2,20,23)(H,21,24)/t13-/m1/s1. The van der Waals surface area contributed by atoms with Gasteiger partial charge in [-0.15, -0.1) is 11.3 Å². The smallest absolute Gasteiger partial charge is 0.286 e. The lowest BCUT2D eigenvalue weighted by molar-refractivity contribution is -0.120. The van der Waals surface area contributed by atoms with Crippen molar-refractivity contribution in [1.82, 2.24) is 4.31 Å². The zero-order valence-electron chi connectivity index (χ0n) is 15.3. The number of carbonyl (C=O) groups is 2. The van der Waals surface area contributed by atoms with Crippen molar-refractivity contribution in [2.45, 2.75) is 29.5 Å². The number of hydrogen-bond donors (Lipinski definition) is 2. The van der Waals surface area contributed by atoms with Crippen LogP contribution in [0.4, 0.5) is 5.69 Å². The molecular weight excluding hydrogens is 414 g/mol. The van der Waals surface area contributed by atoms with Crippen LogP contribution < -0.4 is 11.1 Å². The maximum Gasteiger partial charge on any atom is 0.286 e. The van der Waals surface area contributed by atoms with Crippen LogP contribution in [-0.4, -0.2) is 37.1 Å². The Labute approximate surface area is 171 Å². The van der Waals surface area contributed by atoms with E-state index in [-0.39, 0.29) is 22.2 Å². The molecule has 1 fully saturated rings. The Bertz CT molecular complexity index is 1170. The first kappa shape index (κ1) is 19.6. The van der Waals surface area contributed by atoms with Gasteiger partial charge in [-0.2, -0.15) is 4.31 Å². The number of nitrogens with one attached hydrogen (secondary N) is 1. The molecule has 1 aromatic carbocycles. The van der Waals surface area contributed by atoms with Gasteiger partial charge in [0.25, 0.3) is 15.9 Å². The number of furan rings is 1. The largest absolute Gasteiger partial charge is 0.449 e. The number of benzene rings is 1. The van der Waals surface area contributed by atoms with Crippen molar-refractivity contribution in [2.75, 3.05) is 11.9 Å². The van der Waals surface area contributed by atoms with Crippen LogP contribution in [0, 0.1) is 0 Å². The van der Waals surface area contributed by atoms with Gasteiger partial charge in [-0.3, -0.25) is 9.59 Å². The number of para-hydroxylation sites is 1. The molecule has 4 rings (SSSR count). The maximum atomic E-state index is 13.1. The van der Waals surface area contributed by atoms with Gasteiger partial charge in [0.1, 0.15) is 21.5 Å². The lowest BCUT2D eigenvalue weighted by Crippen LogP contribution is -2.49. The molecule has 0 saturated carbocycles. The summed E-state index contributed by atoms with van der Waals surface area (Å²) in [6, 6.07) is 9.13. The van der Waals surface area contributed by atoms with Crippen LogP contribution in [0.15, 0.2) is 50.4 Å². The summed E-state index contributed by atoms with van der Waals surface area (Å²) in [6.45, 7) is 0.257. The number of anilines is 1. The Morgan fingerprint density at radius 1 is 1.17 bits per heavy atom. The fraction of sp³-hybridized carbons (Fsp3) is 0.263. The van der Waals surface area contributed by atoms with E-state index in [1.807, 2.05) is 0 Å². The summed E-state index contributed by atoms with van der Waals surface area (Å²) in [5.41, 5.74) is 5.97. The molecule has 1 aliphatic rings. The van der Waals surface area contributed by atoms with Crippen molar-refractivity contribution >= 4 is 49.8 Å². The minimum atomic E-state index is -3.78. The molecule has 2 aromatic heterocycles. The summed E-state index contributed by atoms with van der Waals surface area (Å²) in [5, 5.41) is 4.90. The van der Waals surface area contributed by atoms with E-state index in [0.717, 1.165) is 17.8 Å². The zero-order valence-corrected chi connectivity index (χ0v) is 17.0. The Morgan fingerprint density at radius 2 is 1.97 bits per heavy atom. The van der Waals surface area contributed by atoms with Gasteiger partial charge in [-0.05, 0) is 36.4 Å². The fourth-order valence-electron chi connectivity index (χ4n) is 3.53. The monoisotopic (exact) mass is 433 g/mol. The Morgan fingerprint density at radius 3 is 2.69 bits per heavy atom. The second kappa shape index (κ2) is 7.62. The topological polar surface area (TPSA) is 123 Å². The van der Waals surface area contributed by atoms with Crippen LogP contribution in [0.25, 0.3) is 11.0 Å². The average Bonchev–Trinajstić information content (AvgIpc) is 3.37. The van der Waals surface area contributed by atoms with E-state index in [9.17, 15) is 18.0 Å². The molecular formula is C19H19N3O5S2. The van der Waals surface area contributed by atoms with Crippen molar-refractivity contribution in [3.63, 3.8) is 0 Å². The molecule has 1 aliphatic heterocycles. The highest BCUT2D eigenvalue weighted by atomic mass is 32.2. The molecule has 8 nitrogen and oxygen atoms in total. The van der Waals surface area contributed by atoms with E-state index in [4.69, 9.17) is 10.2 Å². The molecule has 1 atom stereocenters. The summed E-state index contributed by atoms with van der Waals surface area (Å²) in [6.07, 6.45) is 1.79. The molecule has 2 amide bonds. The van der Waals surface area contributed by atoms with Crippen molar-refractivity contribution < 1.29 is 22.4 Å². The highest BCUT2D eigenvalue weighted by molar-refractivity contribution is 7.91. The highest BCUT2D eigenvalue weighted by Crippen LogP contribution is 2.33. The number of fused-ring (bicyclic) bond motifs is 1. The SMILES string of the molecule is NC(=O)c1oc2ccccc2c1NC(=O)[C@H]1CCCCN1S(=O)(=O)c1cccs1. The van der Waals surface area contributed by atoms with E-state index in [0.29, 0.717) is 23.8 Å². The number of nitrogens with two attached hydrogens (primary N) is 1. The third-order valence-corrected chi connectivity index (χ3v) is 8.16. The number of amides is 2. The van der Waals surface area contributed by atoms with Crippen molar-refractivity contribution in [3.05, 3.63) is 47.5 Å². The third kappa shape index (κ3) is 3.54. The molecule has 3 aromatic rings. The van der Waals surface area contributed by atoms with Crippen LogP contribution >= 0.6 is 11.3 Å². The highest BCUT2D eigenvalue weighted by Gasteiger charge is 2.38. The van der Waals surface area contributed by atoms with Gasteiger partial charge >= 0.3 is 0 Å². The Balaban J connectivity index is 1.68. The summed E-state index contributed by atoms with van der Waals surface area (Å²) in [7, 11) is -3.78. The van der Waals surface area contributed by atoms with E-state index in [1.165, 1.54) is 10.4 Å². The second-order valence-electron chi connectivity index (χ2n) is 6.72. The molecule has 29 heavy (non-hydrogen) atoms. The Hall–Kier alpha value is -2.69. The first-order chi connectivity index (χ1) is 13.9. The van der Waals surface area contributed by atoms with Crippen molar-refractivity contribution in [2.24, 2.45) is 5.73 Å². The first-order valence-electron chi connectivity index (χ1n) is 9.07. The van der Waals surface area contributed by atoms with Gasteiger partial charge in [0, 0.05) is 11.9 Å². The molecule has 3 N–H and O–H groups in total. The summed E-state index contributed by atoms with van der Waals surface area (Å²) in [5.74, 6) is -1.50. The number of piperidine rings is 1. The minimum Gasteiger partial charge on any atom is -0.449 e. The van der Waals surface area contributed by atoms with E-state index >= 15 is 0 Å². The van der Waals surface area contributed by atoms with Gasteiger partial charge in [0.15, 0.2) is 0 Å². The van der Waals surface area contributed by atoms with Gasteiger partial charge in [-0.1, -0.05) is 24.6 Å². The van der Waals surface area contributed by atoms with E-state index in [2.05, 4.69) is 5.32 Å². The van der Waals surface area contributed by atoms with Crippen molar-refractivity contribution in [1.29, 1.82) is 0 Å². The van der Waals surface area contributed by atoms with E-state index < -0.39 is 27.9 Å². The van der Waals surface area contributed by atoms with Crippen LogP contribution in [0.2, 0.25) is 0 Å². The van der Waals surface area contributed by atoms with Crippen LogP contribution in [-0.2, 0) is 14.8 Å². The third-order valence-electron chi connectivity index (χ3n) is 4.88. The number of nitrogens with zero attached hydrogens (tertiary/aromatic N) is 1. The number of rotatable bonds is 5. The molecule has 3 heterocycles. The lowest BCUT2D eigenvalue weighted by atomic mass is 10.0. The van der Waals surface area contributed by atoms with Crippen LogP contribution in [0.1, 0.15) is 29.8 Å². The van der Waals surface area contributed by atoms with Gasteiger partial charge in [-0.25, -0.2) is 8.42 Å². The molecule has 0 spiro atoms. The number of sulfonamides is 1. The molecule has 0 radical (unpaired) electrons. The minimum absolute atomic E-state index is 0.164. The number of thiophene rings is 1. The van der Waals surface area contributed by atoms with Gasteiger partial charge in [0.2, 0.25) is 11.7 Å². The van der Waals surface area contributed by atoms with Crippen LogP contribution in [0.3, 0.4) is 0 Å². The average molecular weight is 434 g/mol. The summed E-state index contributed by atoms with van der Waals surface area (Å²) in [4.78, 5) is 24.9. The number of hydrogen-bond acceptors (Lipinski definition) is 6. The molecule has 10 heteroatoms. The van der Waals surface area contributed by atoms with Gasteiger partial charge < -0.3 is 15.5 Å². The van der Waals surface area contributed by atoms with E-state index in [1.54, 1.807) is 35.7 Å². The lowest BCUT2D eigenvalue weighted by Gasteiger charge is -2.33.